The van der Waals surface area contributed by atoms with Gasteiger partial charge in [-0.1, -0.05) is 37.1 Å². The second kappa shape index (κ2) is 13.5. The fraction of sp³-hybridized carbons (Fsp3) is 0.595. The number of amides is 4. The number of carboxylic acid groups (broad SMARTS) is 1. The molecule has 0 unspecified atom stereocenters. The zero-order chi connectivity index (χ0) is 37.0. The third-order valence-electron chi connectivity index (χ3n) is 10.8. The number of rotatable bonds is 6. The van der Waals surface area contributed by atoms with Gasteiger partial charge in [0.2, 0.25) is 27.7 Å². The molecular weight excluding hydrogens is 690 g/mol. The first-order chi connectivity index (χ1) is 24.7. The van der Waals surface area contributed by atoms with E-state index in [1.807, 2.05) is 36.4 Å². The van der Waals surface area contributed by atoms with Gasteiger partial charge in [-0.05, 0) is 71.4 Å². The first kappa shape index (κ1) is 36.0. The molecule has 1 aromatic heterocycles. The molecule has 7 rings (SSSR count). The average molecular weight is 738 g/mol. The number of allylic oxidation sites excluding steroid dienone is 1. The number of nitrogens with one attached hydrogen (secondary N) is 2. The normalized spacial score (nSPS) is 28.0. The maximum Gasteiger partial charge on any atom is 0.408 e. The van der Waals surface area contributed by atoms with Gasteiger partial charge in [0.25, 0.3) is 5.91 Å². The van der Waals surface area contributed by atoms with Crippen molar-refractivity contribution in [2.24, 2.45) is 5.92 Å². The average Bonchev–Trinajstić information content (AvgIpc) is 3.95. The number of pyridine rings is 1. The van der Waals surface area contributed by atoms with Crippen LogP contribution in [0.1, 0.15) is 84.1 Å². The molecule has 3 fully saturated rings. The number of carbonyl (C=O) groups is 4. The molecule has 4 heterocycles. The van der Waals surface area contributed by atoms with Crippen LogP contribution in [0.5, 0.6) is 11.6 Å². The zero-order valence-electron chi connectivity index (χ0n) is 29.8. The predicted molar refractivity (Wildman–Crippen MR) is 190 cm³/mol. The lowest BCUT2D eigenvalue weighted by Crippen LogP contribution is -2.60. The van der Waals surface area contributed by atoms with Gasteiger partial charge in [0, 0.05) is 29.7 Å². The Morgan fingerprint density at radius 3 is 2.63 bits per heavy atom. The van der Waals surface area contributed by atoms with Gasteiger partial charge < -0.3 is 24.8 Å². The molecule has 2 aromatic rings. The topological polar surface area (TPSA) is 185 Å². The number of sulfonamides is 1. The minimum atomic E-state index is -3.90. The molecular formula is C37H47N5O9S. The highest BCUT2D eigenvalue weighted by atomic mass is 32.2. The molecule has 0 spiro atoms. The van der Waals surface area contributed by atoms with Gasteiger partial charge in [0.15, 0.2) is 0 Å². The molecule has 0 bridgehead atoms. The van der Waals surface area contributed by atoms with Crippen molar-refractivity contribution in [3.63, 3.8) is 0 Å². The SMILES string of the molecule is CC(C)(C)N(C(=O)O)[C@H]1CCCCCC=C[C@@H]2C[C@@]2(C(=O)NS(=O)(=O)C2CC2)NC(=O)[C@@H]2C[C@@H](Oc3nc4ccccc4c4c3CCO4)CN2C1=O. The summed E-state index contributed by atoms with van der Waals surface area (Å²) in [5, 5.41) is 13.5. The molecule has 52 heavy (non-hydrogen) atoms. The molecule has 3 aliphatic heterocycles. The number of aromatic nitrogens is 1. The fourth-order valence-electron chi connectivity index (χ4n) is 7.92. The standard InChI is InChI=1S/C37H47N5O9S/c1-36(2,3)42(35(46)47)28-14-8-6-4-5-7-11-22-20-37(22,34(45)40-52(48,49)24-15-16-24)39-31(43)29-19-23(21-41(29)33(28)44)51-32-26-17-18-50-30(26)25-12-9-10-13-27(25)38-32/h7,9-13,22-24,28-29H,4-6,8,14-21H2,1-3H3,(H,39,43)(H,40,45)(H,46,47)/t22-,23-,28+,29+,37-/m1/s1. The van der Waals surface area contributed by atoms with E-state index in [4.69, 9.17) is 14.5 Å². The van der Waals surface area contributed by atoms with E-state index in [0.717, 1.165) is 23.8 Å². The number of para-hydroxylation sites is 1. The third kappa shape index (κ3) is 6.91. The van der Waals surface area contributed by atoms with Crippen LogP contribution in [0.15, 0.2) is 36.4 Å². The number of fused-ring (bicyclic) bond motifs is 5. The lowest BCUT2D eigenvalue weighted by molar-refractivity contribution is -0.144. The molecule has 5 aliphatic rings. The van der Waals surface area contributed by atoms with Gasteiger partial charge in [-0.15, -0.1) is 0 Å². The van der Waals surface area contributed by atoms with E-state index in [1.54, 1.807) is 20.8 Å². The van der Waals surface area contributed by atoms with Crippen LogP contribution in [0, 0.1) is 5.92 Å². The minimum absolute atomic E-state index is 0.0340. The van der Waals surface area contributed by atoms with E-state index in [9.17, 15) is 32.7 Å². The van der Waals surface area contributed by atoms with E-state index in [0.29, 0.717) is 55.9 Å². The predicted octanol–water partition coefficient (Wildman–Crippen LogP) is 3.67. The first-order valence-electron chi connectivity index (χ1n) is 18.3. The van der Waals surface area contributed by atoms with Gasteiger partial charge in [-0.3, -0.25) is 24.0 Å². The van der Waals surface area contributed by atoms with Crippen molar-refractivity contribution >= 4 is 44.7 Å². The number of ether oxygens (including phenoxy) is 2. The Bertz CT molecular complexity index is 1920. The summed E-state index contributed by atoms with van der Waals surface area (Å²) in [5.74, 6) is -1.37. The Kier molecular flexibility index (Phi) is 9.37. The molecule has 0 radical (unpaired) electrons. The van der Waals surface area contributed by atoms with Gasteiger partial charge in [0.05, 0.1) is 29.5 Å². The van der Waals surface area contributed by atoms with Crippen molar-refractivity contribution < 1.29 is 42.2 Å². The Hall–Kier alpha value is -4.40. The molecule has 5 atom stereocenters. The second-order valence-corrected chi connectivity index (χ2v) is 17.6. The van der Waals surface area contributed by atoms with Crippen LogP contribution in [0.4, 0.5) is 4.79 Å². The summed E-state index contributed by atoms with van der Waals surface area (Å²) in [7, 11) is -3.90. The second-order valence-electron chi connectivity index (χ2n) is 15.7. The summed E-state index contributed by atoms with van der Waals surface area (Å²) >= 11 is 0. The van der Waals surface area contributed by atoms with E-state index in [2.05, 4.69) is 10.0 Å². The zero-order valence-corrected chi connectivity index (χ0v) is 30.6. The summed E-state index contributed by atoms with van der Waals surface area (Å²) in [6, 6.07) is 5.32. The smallest absolute Gasteiger partial charge is 0.408 e. The van der Waals surface area contributed by atoms with Crippen LogP contribution in [-0.4, -0.2) is 99.8 Å². The molecule has 1 saturated heterocycles. The Balaban J connectivity index is 1.24. The van der Waals surface area contributed by atoms with Gasteiger partial charge in [-0.2, -0.15) is 0 Å². The summed E-state index contributed by atoms with van der Waals surface area (Å²) in [6.07, 6.45) is 6.60. The molecule has 280 valence electrons. The van der Waals surface area contributed by atoms with Gasteiger partial charge in [-0.25, -0.2) is 18.2 Å². The maximum atomic E-state index is 14.7. The van der Waals surface area contributed by atoms with Crippen molar-refractivity contribution in [3.8, 4) is 11.6 Å². The number of nitrogens with zero attached hydrogens (tertiary/aromatic N) is 3. The van der Waals surface area contributed by atoms with Crippen molar-refractivity contribution in [1.82, 2.24) is 24.8 Å². The number of benzene rings is 1. The summed E-state index contributed by atoms with van der Waals surface area (Å²) < 4.78 is 40.4. The van der Waals surface area contributed by atoms with Crippen molar-refractivity contribution in [2.45, 2.75) is 119 Å². The summed E-state index contributed by atoms with van der Waals surface area (Å²) in [4.78, 5) is 62.9. The van der Waals surface area contributed by atoms with Crippen LogP contribution in [0.2, 0.25) is 0 Å². The molecule has 3 N–H and O–H groups in total. The minimum Gasteiger partial charge on any atom is -0.492 e. The summed E-state index contributed by atoms with van der Waals surface area (Å²) in [5.41, 5.74) is -0.984. The highest BCUT2D eigenvalue weighted by Gasteiger charge is 2.62. The molecule has 2 saturated carbocycles. The maximum absolute atomic E-state index is 14.7. The fourth-order valence-corrected chi connectivity index (χ4v) is 9.28. The molecule has 1 aromatic carbocycles. The lowest BCUT2D eigenvalue weighted by atomic mass is 9.98. The van der Waals surface area contributed by atoms with E-state index >= 15 is 0 Å². The molecule has 15 heteroatoms. The molecule has 14 nitrogen and oxygen atoms in total. The highest BCUT2D eigenvalue weighted by molar-refractivity contribution is 7.91. The van der Waals surface area contributed by atoms with Crippen LogP contribution < -0.4 is 19.5 Å². The van der Waals surface area contributed by atoms with Crippen molar-refractivity contribution in [1.29, 1.82) is 0 Å². The summed E-state index contributed by atoms with van der Waals surface area (Å²) in [6.45, 7) is 5.61. The Labute approximate surface area is 303 Å². The van der Waals surface area contributed by atoms with Crippen molar-refractivity contribution in [3.05, 3.63) is 42.0 Å². The third-order valence-corrected chi connectivity index (χ3v) is 12.7. The lowest BCUT2D eigenvalue weighted by Gasteiger charge is -2.41. The van der Waals surface area contributed by atoms with Crippen LogP contribution in [0.3, 0.4) is 0 Å². The molecule has 4 amide bonds. The van der Waals surface area contributed by atoms with Crippen LogP contribution >= 0.6 is 0 Å². The quantitative estimate of drug-likeness (QED) is 0.370. The van der Waals surface area contributed by atoms with Crippen molar-refractivity contribution in [2.75, 3.05) is 13.2 Å². The van der Waals surface area contributed by atoms with Gasteiger partial charge >= 0.3 is 6.09 Å². The largest absolute Gasteiger partial charge is 0.492 e. The number of hydrogen-bond acceptors (Lipinski definition) is 9. The van der Waals surface area contributed by atoms with E-state index in [-0.39, 0.29) is 25.8 Å². The number of carbonyl (C=O) groups excluding carboxylic acids is 3. The van der Waals surface area contributed by atoms with E-state index < -0.39 is 74.3 Å². The molecule has 2 aliphatic carbocycles. The Morgan fingerprint density at radius 2 is 1.90 bits per heavy atom. The number of hydrogen-bond donors (Lipinski definition) is 3. The van der Waals surface area contributed by atoms with E-state index in [1.165, 1.54) is 9.80 Å². The first-order valence-corrected chi connectivity index (χ1v) is 19.8. The highest BCUT2D eigenvalue weighted by Crippen LogP contribution is 2.46. The Morgan fingerprint density at radius 1 is 1.13 bits per heavy atom. The van der Waals surface area contributed by atoms with Crippen LogP contribution in [-0.2, 0) is 30.8 Å². The van der Waals surface area contributed by atoms with Gasteiger partial charge in [0.1, 0.15) is 29.5 Å². The van der Waals surface area contributed by atoms with Crippen LogP contribution in [0.25, 0.3) is 10.9 Å². The monoisotopic (exact) mass is 737 g/mol.